The quantitative estimate of drug-likeness (QED) is 0.300. The Morgan fingerprint density at radius 2 is 1.93 bits per heavy atom. The van der Waals surface area contributed by atoms with Crippen LogP contribution in [0.25, 0.3) is 0 Å². The summed E-state index contributed by atoms with van der Waals surface area (Å²) < 4.78 is 4.50. The van der Waals surface area contributed by atoms with Gasteiger partial charge in [0.2, 0.25) is 0 Å². The number of aliphatic carboxylic acids is 1. The molecule has 0 saturated carbocycles. The van der Waals surface area contributed by atoms with Crippen LogP contribution in [0.3, 0.4) is 0 Å². The molecule has 5 heteroatoms. The lowest BCUT2D eigenvalue weighted by molar-refractivity contribution is -0.145. The lowest BCUT2D eigenvalue weighted by atomic mass is 10.0. The van der Waals surface area contributed by atoms with Gasteiger partial charge in [-0.3, -0.25) is 9.59 Å². The Balaban J connectivity index is 4.47. The Labute approximate surface area is 81.4 Å². The highest BCUT2D eigenvalue weighted by atomic mass is 16.5. The van der Waals surface area contributed by atoms with Crippen molar-refractivity contribution in [2.75, 3.05) is 6.61 Å². The zero-order valence-corrected chi connectivity index (χ0v) is 8.07. The maximum Gasteiger partial charge on any atom is 0.341 e. The van der Waals surface area contributed by atoms with Crippen LogP contribution in [0.15, 0.2) is 12.2 Å². The number of esters is 1. The highest BCUT2D eigenvalue weighted by molar-refractivity contribution is 6.21. The number of hydrogen-bond donors (Lipinski definition) is 1. The van der Waals surface area contributed by atoms with E-state index in [1.54, 1.807) is 6.92 Å². The number of Topliss-reactive ketones (excluding diaryl/α,β-unsaturated/α-hetero) is 1. The second kappa shape index (κ2) is 5.16. The maximum absolute atomic E-state index is 11.2. The monoisotopic (exact) mass is 200 g/mol. The van der Waals surface area contributed by atoms with Gasteiger partial charge in [-0.1, -0.05) is 6.58 Å². The standard InChI is InChI=1S/C9H12O5/c1-4-14-9(13)6(3)7(10)5(2)8(11)12/h5H,3-4H2,1-2H3,(H,11,12). The maximum atomic E-state index is 11.2. The Hall–Kier alpha value is -1.65. The minimum atomic E-state index is -1.29. The Kier molecular flexibility index (Phi) is 4.55. The molecule has 0 aliphatic carbocycles. The van der Waals surface area contributed by atoms with Crippen LogP contribution in [-0.4, -0.2) is 29.4 Å². The summed E-state index contributed by atoms with van der Waals surface area (Å²) in [5.41, 5.74) is -0.429. The van der Waals surface area contributed by atoms with E-state index in [9.17, 15) is 14.4 Å². The molecular weight excluding hydrogens is 188 g/mol. The van der Waals surface area contributed by atoms with Gasteiger partial charge in [-0.2, -0.15) is 0 Å². The number of carbonyl (C=O) groups is 3. The summed E-state index contributed by atoms with van der Waals surface area (Å²) in [6.07, 6.45) is 0. The Morgan fingerprint density at radius 1 is 1.43 bits per heavy atom. The van der Waals surface area contributed by atoms with Crippen molar-refractivity contribution in [2.45, 2.75) is 13.8 Å². The fraction of sp³-hybridized carbons (Fsp3) is 0.444. The molecule has 0 aliphatic heterocycles. The number of ether oxygens (including phenoxy) is 1. The smallest absolute Gasteiger partial charge is 0.341 e. The summed E-state index contributed by atoms with van der Waals surface area (Å²) in [4.78, 5) is 32.6. The number of carbonyl (C=O) groups excluding carboxylic acids is 2. The van der Waals surface area contributed by atoms with Crippen molar-refractivity contribution in [2.24, 2.45) is 5.92 Å². The molecule has 0 amide bonds. The van der Waals surface area contributed by atoms with Gasteiger partial charge in [-0.25, -0.2) is 4.79 Å². The van der Waals surface area contributed by atoms with Gasteiger partial charge >= 0.3 is 11.9 Å². The highest BCUT2D eigenvalue weighted by Gasteiger charge is 2.27. The lowest BCUT2D eigenvalue weighted by Crippen LogP contribution is -2.26. The van der Waals surface area contributed by atoms with Gasteiger partial charge < -0.3 is 9.84 Å². The molecule has 14 heavy (non-hydrogen) atoms. The van der Waals surface area contributed by atoms with E-state index in [0.717, 1.165) is 0 Å². The van der Waals surface area contributed by atoms with Crippen molar-refractivity contribution in [3.63, 3.8) is 0 Å². The van der Waals surface area contributed by atoms with E-state index in [1.165, 1.54) is 6.92 Å². The van der Waals surface area contributed by atoms with Crippen molar-refractivity contribution >= 4 is 17.7 Å². The fourth-order valence-electron chi connectivity index (χ4n) is 0.692. The summed E-state index contributed by atoms with van der Waals surface area (Å²) >= 11 is 0. The number of carboxylic acid groups (broad SMARTS) is 1. The van der Waals surface area contributed by atoms with Crippen LogP contribution in [0.4, 0.5) is 0 Å². The topological polar surface area (TPSA) is 80.7 Å². The molecule has 0 fully saturated rings. The van der Waals surface area contributed by atoms with Gasteiger partial charge in [-0.05, 0) is 13.8 Å². The molecule has 0 aromatic rings. The summed E-state index contributed by atoms with van der Waals surface area (Å²) in [6, 6.07) is 0. The van der Waals surface area contributed by atoms with Gasteiger partial charge in [0.25, 0.3) is 0 Å². The van der Waals surface area contributed by atoms with Crippen molar-refractivity contribution in [3.05, 3.63) is 12.2 Å². The summed E-state index contributed by atoms with van der Waals surface area (Å²) in [7, 11) is 0. The molecule has 1 atom stereocenters. The van der Waals surface area contributed by atoms with Crippen molar-refractivity contribution in [3.8, 4) is 0 Å². The van der Waals surface area contributed by atoms with Gasteiger partial charge in [0, 0.05) is 0 Å². The van der Waals surface area contributed by atoms with E-state index in [-0.39, 0.29) is 6.61 Å². The number of hydrogen-bond acceptors (Lipinski definition) is 4. The molecule has 1 N–H and O–H groups in total. The molecule has 0 heterocycles. The van der Waals surface area contributed by atoms with E-state index < -0.39 is 29.2 Å². The second-order valence-electron chi connectivity index (χ2n) is 2.62. The van der Waals surface area contributed by atoms with Crippen LogP contribution in [0.1, 0.15) is 13.8 Å². The van der Waals surface area contributed by atoms with E-state index >= 15 is 0 Å². The van der Waals surface area contributed by atoms with Gasteiger partial charge in [0.1, 0.15) is 5.92 Å². The third kappa shape index (κ3) is 3.01. The fourth-order valence-corrected chi connectivity index (χ4v) is 0.692. The molecule has 1 unspecified atom stereocenters. The van der Waals surface area contributed by atoms with Crippen molar-refractivity contribution in [1.29, 1.82) is 0 Å². The molecule has 5 nitrogen and oxygen atoms in total. The predicted molar refractivity (Wildman–Crippen MR) is 47.6 cm³/mol. The van der Waals surface area contributed by atoms with Crippen molar-refractivity contribution < 1.29 is 24.2 Å². The minimum absolute atomic E-state index is 0.118. The third-order valence-electron chi connectivity index (χ3n) is 1.58. The van der Waals surface area contributed by atoms with Crippen LogP contribution in [0.5, 0.6) is 0 Å². The Bertz CT molecular complexity index is 279. The number of rotatable bonds is 5. The molecular formula is C9H12O5. The zero-order chi connectivity index (χ0) is 11.3. The molecule has 0 bridgehead atoms. The van der Waals surface area contributed by atoms with Crippen molar-refractivity contribution in [1.82, 2.24) is 0 Å². The SMILES string of the molecule is C=C(C(=O)OCC)C(=O)C(C)C(=O)O. The number of carboxylic acids is 1. The van der Waals surface area contributed by atoms with Crippen LogP contribution < -0.4 is 0 Å². The normalized spacial score (nSPS) is 11.6. The largest absolute Gasteiger partial charge is 0.481 e. The highest BCUT2D eigenvalue weighted by Crippen LogP contribution is 2.06. The van der Waals surface area contributed by atoms with Gasteiger partial charge in [0.05, 0.1) is 12.2 Å². The summed E-state index contributed by atoms with van der Waals surface area (Å²) in [5, 5.41) is 8.50. The average molecular weight is 200 g/mol. The lowest BCUT2D eigenvalue weighted by Gasteiger charge is -2.06. The van der Waals surface area contributed by atoms with Crippen LogP contribution in [0.2, 0.25) is 0 Å². The molecule has 0 saturated heterocycles. The second-order valence-corrected chi connectivity index (χ2v) is 2.62. The molecule has 0 spiro atoms. The van der Waals surface area contributed by atoms with Crippen LogP contribution in [-0.2, 0) is 19.1 Å². The average Bonchev–Trinajstić information content (AvgIpc) is 2.14. The zero-order valence-electron chi connectivity index (χ0n) is 8.07. The predicted octanol–water partition coefficient (Wildman–Crippen LogP) is 0.395. The number of ketones is 1. The van der Waals surface area contributed by atoms with E-state index in [4.69, 9.17) is 5.11 Å². The van der Waals surface area contributed by atoms with Crippen LogP contribution >= 0.6 is 0 Å². The molecule has 0 rings (SSSR count). The Morgan fingerprint density at radius 3 is 2.29 bits per heavy atom. The first-order valence-electron chi connectivity index (χ1n) is 4.04. The molecule has 78 valence electrons. The van der Waals surface area contributed by atoms with E-state index in [0.29, 0.717) is 0 Å². The minimum Gasteiger partial charge on any atom is -0.481 e. The van der Waals surface area contributed by atoms with Gasteiger partial charge in [0.15, 0.2) is 5.78 Å². The van der Waals surface area contributed by atoms with Crippen LogP contribution in [0, 0.1) is 5.92 Å². The first-order valence-corrected chi connectivity index (χ1v) is 4.04. The van der Waals surface area contributed by atoms with E-state index in [1.807, 2.05) is 0 Å². The summed E-state index contributed by atoms with van der Waals surface area (Å²) in [6.45, 7) is 6.08. The first-order chi connectivity index (χ1) is 6.41. The van der Waals surface area contributed by atoms with E-state index in [2.05, 4.69) is 11.3 Å². The molecule has 0 radical (unpaired) electrons. The summed E-state index contributed by atoms with van der Waals surface area (Å²) in [5.74, 6) is -4.26. The first kappa shape index (κ1) is 12.3. The molecule has 0 aromatic carbocycles. The van der Waals surface area contributed by atoms with Gasteiger partial charge in [-0.15, -0.1) is 0 Å². The molecule has 0 aromatic heterocycles. The molecule has 0 aliphatic rings. The third-order valence-corrected chi connectivity index (χ3v) is 1.58.